The third-order valence-electron chi connectivity index (χ3n) is 3.11. The summed E-state index contributed by atoms with van der Waals surface area (Å²) in [6.45, 7) is 13.6. The summed E-state index contributed by atoms with van der Waals surface area (Å²) in [7, 11) is 0. The topological polar surface area (TPSA) is 38.0 Å². The Bertz CT molecular complexity index is 147. The normalized spacial score (nSPS) is 17.1. The van der Waals surface area contributed by atoms with E-state index < -0.39 is 0 Å². The quantitative estimate of drug-likeness (QED) is 0.529. The zero-order chi connectivity index (χ0) is 11.4. The van der Waals surface area contributed by atoms with E-state index in [-0.39, 0.29) is 0 Å². The van der Waals surface area contributed by atoms with Crippen LogP contribution in [0.15, 0.2) is 0 Å². The van der Waals surface area contributed by atoms with Crippen molar-refractivity contribution in [2.24, 2.45) is 23.1 Å². The average Bonchev–Trinajstić information content (AvgIpc) is 2.02. The Morgan fingerprint density at radius 1 is 1.14 bits per heavy atom. The molecule has 0 aliphatic rings. The second kappa shape index (κ2) is 5.72. The molecule has 0 aliphatic heterocycles. The molecule has 0 aliphatic carbocycles. The van der Waals surface area contributed by atoms with Crippen LogP contribution < -0.4 is 11.3 Å². The number of nitrogens with two attached hydrogens (primary N) is 1. The minimum atomic E-state index is 0.409. The summed E-state index contributed by atoms with van der Waals surface area (Å²) in [5.74, 6) is 6.92. The monoisotopic (exact) mass is 200 g/mol. The highest BCUT2D eigenvalue weighted by molar-refractivity contribution is 4.76. The predicted octanol–water partition coefficient (Wildman–Crippen LogP) is 2.94. The fraction of sp³-hybridized carbons (Fsp3) is 1.00. The van der Waals surface area contributed by atoms with Gasteiger partial charge in [0.1, 0.15) is 0 Å². The smallest absolute Gasteiger partial charge is 0.0238 e. The van der Waals surface area contributed by atoms with Crippen molar-refractivity contribution in [2.75, 3.05) is 0 Å². The first-order valence-corrected chi connectivity index (χ1v) is 5.74. The molecule has 86 valence electrons. The van der Waals surface area contributed by atoms with Gasteiger partial charge in [-0.15, -0.1) is 0 Å². The molecule has 0 saturated carbocycles. The Kier molecular flexibility index (Phi) is 5.68. The number of hydrogen-bond acceptors (Lipinski definition) is 2. The average molecular weight is 200 g/mol. The van der Waals surface area contributed by atoms with Crippen LogP contribution in [0.25, 0.3) is 0 Å². The lowest BCUT2D eigenvalue weighted by Gasteiger charge is -2.29. The van der Waals surface area contributed by atoms with Gasteiger partial charge in [0.25, 0.3) is 0 Å². The predicted molar refractivity (Wildman–Crippen MR) is 63.8 cm³/mol. The van der Waals surface area contributed by atoms with Gasteiger partial charge in [0.05, 0.1) is 0 Å². The van der Waals surface area contributed by atoms with Crippen LogP contribution in [0, 0.1) is 17.3 Å². The lowest BCUT2D eigenvalue weighted by Crippen LogP contribution is -2.42. The Morgan fingerprint density at radius 3 is 1.93 bits per heavy atom. The molecule has 2 atom stereocenters. The summed E-state index contributed by atoms with van der Waals surface area (Å²) in [4.78, 5) is 0. The van der Waals surface area contributed by atoms with Gasteiger partial charge in [0, 0.05) is 6.04 Å². The molecule has 0 aromatic heterocycles. The second-order valence-electron chi connectivity index (χ2n) is 5.98. The molecule has 0 spiro atoms. The molecule has 2 unspecified atom stereocenters. The van der Waals surface area contributed by atoms with E-state index in [4.69, 9.17) is 5.84 Å². The fourth-order valence-corrected chi connectivity index (χ4v) is 1.55. The Labute approximate surface area is 89.6 Å². The molecule has 0 rings (SSSR count). The maximum atomic E-state index is 5.59. The summed E-state index contributed by atoms with van der Waals surface area (Å²) in [5, 5.41) is 0. The molecule has 0 fully saturated rings. The number of hydrogen-bond donors (Lipinski definition) is 2. The van der Waals surface area contributed by atoms with Crippen LogP contribution >= 0.6 is 0 Å². The van der Waals surface area contributed by atoms with Crippen LogP contribution in [-0.2, 0) is 0 Å². The standard InChI is InChI=1S/C12H28N2/c1-9(2)10(3)11(14-13)7-8-12(4,5)6/h9-11,14H,7-8,13H2,1-6H3. The molecule has 0 amide bonds. The van der Waals surface area contributed by atoms with Gasteiger partial charge in [-0.25, -0.2) is 0 Å². The zero-order valence-corrected chi connectivity index (χ0v) is 10.7. The van der Waals surface area contributed by atoms with Crippen LogP contribution in [0.5, 0.6) is 0 Å². The zero-order valence-electron chi connectivity index (χ0n) is 10.7. The van der Waals surface area contributed by atoms with Crippen molar-refractivity contribution in [3.05, 3.63) is 0 Å². The van der Waals surface area contributed by atoms with Gasteiger partial charge in [0.2, 0.25) is 0 Å². The Balaban J connectivity index is 4.03. The second-order valence-corrected chi connectivity index (χ2v) is 5.98. The van der Waals surface area contributed by atoms with Crippen molar-refractivity contribution < 1.29 is 0 Å². The lowest BCUT2D eigenvalue weighted by atomic mass is 9.83. The Hall–Kier alpha value is -0.0800. The first kappa shape index (κ1) is 13.9. The lowest BCUT2D eigenvalue weighted by molar-refractivity contribution is 0.250. The van der Waals surface area contributed by atoms with E-state index in [2.05, 4.69) is 47.0 Å². The highest BCUT2D eigenvalue weighted by Gasteiger charge is 2.21. The fourth-order valence-electron chi connectivity index (χ4n) is 1.55. The molecule has 0 aromatic carbocycles. The van der Waals surface area contributed by atoms with Gasteiger partial charge in [0.15, 0.2) is 0 Å². The van der Waals surface area contributed by atoms with E-state index in [9.17, 15) is 0 Å². The summed E-state index contributed by atoms with van der Waals surface area (Å²) in [5.41, 5.74) is 3.36. The third-order valence-corrected chi connectivity index (χ3v) is 3.11. The molecule has 0 bridgehead atoms. The maximum Gasteiger partial charge on any atom is 0.0238 e. The SMILES string of the molecule is CC(C)C(C)C(CCC(C)(C)C)NN. The summed E-state index contributed by atoms with van der Waals surface area (Å²) >= 11 is 0. The number of hydrazine groups is 1. The molecular formula is C12H28N2. The van der Waals surface area contributed by atoms with Gasteiger partial charge < -0.3 is 0 Å². The van der Waals surface area contributed by atoms with E-state index in [0.717, 1.165) is 0 Å². The van der Waals surface area contributed by atoms with E-state index in [1.165, 1.54) is 12.8 Å². The maximum absolute atomic E-state index is 5.59. The highest BCUT2D eigenvalue weighted by atomic mass is 15.2. The highest BCUT2D eigenvalue weighted by Crippen LogP contribution is 2.25. The molecule has 0 aromatic rings. The van der Waals surface area contributed by atoms with Crippen LogP contribution in [0.3, 0.4) is 0 Å². The molecule has 2 heteroatoms. The van der Waals surface area contributed by atoms with Gasteiger partial charge in [-0.05, 0) is 30.1 Å². The first-order chi connectivity index (χ1) is 6.28. The third kappa shape index (κ3) is 5.61. The van der Waals surface area contributed by atoms with Crippen LogP contribution in [0.1, 0.15) is 54.4 Å². The van der Waals surface area contributed by atoms with E-state index >= 15 is 0 Å². The molecular weight excluding hydrogens is 172 g/mol. The van der Waals surface area contributed by atoms with Crippen LogP contribution in [0.2, 0.25) is 0 Å². The largest absolute Gasteiger partial charge is 0.271 e. The molecule has 3 N–H and O–H groups in total. The molecule has 0 heterocycles. The van der Waals surface area contributed by atoms with Gasteiger partial charge >= 0.3 is 0 Å². The van der Waals surface area contributed by atoms with E-state index in [0.29, 0.717) is 23.3 Å². The minimum Gasteiger partial charge on any atom is -0.271 e. The van der Waals surface area contributed by atoms with Gasteiger partial charge in [-0.3, -0.25) is 11.3 Å². The Morgan fingerprint density at radius 2 is 1.64 bits per heavy atom. The van der Waals surface area contributed by atoms with Crippen molar-refractivity contribution in [3.8, 4) is 0 Å². The molecule has 14 heavy (non-hydrogen) atoms. The summed E-state index contributed by atoms with van der Waals surface area (Å²) < 4.78 is 0. The van der Waals surface area contributed by atoms with Crippen molar-refractivity contribution >= 4 is 0 Å². The molecule has 0 radical (unpaired) electrons. The summed E-state index contributed by atoms with van der Waals surface area (Å²) in [6.07, 6.45) is 2.39. The summed E-state index contributed by atoms with van der Waals surface area (Å²) in [6, 6.07) is 0.453. The number of nitrogens with one attached hydrogen (secondary N) is 1. The van der Waals surface area contributed by atoms with Gasteiger partial charge in [-0.1, -0.05) is 41.5 Å². The van der Waals surface area contributed by atoms with Crippen molar-refractivity contribution in [1.29, 1.82) is 0 Å². The minimum absolute atomic E-state index is 0.409. The van der Waals surface area contributed by atoms with Crippen molar-refractivity contribution in [3.63, 3.8) is 0 Å². The first-order valence-electron chi connectivity index (χ1n) is 5.74. The number of rotatable bonds is 5. The van der Waals surface area contributed by atoms with Gasteiger partial charge in [-0.2, -0.15) is 0 Å². The molecule has 0 saturated heterocycles. The van der Waals surface area contributed by atoms with Crippen molar-refractivity contribution in [2.45, 2.75) is 60.4 Å². The van der Waals surface area contributed by atoms with Crippen LogP contribution in [-0.4, -0.2) is 6.04 Å². The van der Waals surface area contributed by atoms with Crippen molar-refractivity contribution in [1.82, 2.24) is 5.43 Å². The van der Waals surface area contributed by atoms with Crippen LogP contribution in [0.4, 0.5) is 0 Å². The molecule has 2 nitrogen and oxygen atoms in total. The van der Waals surface area contributed by atoms with E-state index in [1.807, 2.05) is 0 Å². The van der Waals surface area contributed by atoms with E-state index in [1.54, 1.807) is 0 Å².